The number of fused-ring (bicyclic) bond motifs is 1. The van der Waals surface area contributed by atoms with E-state index in [1.54, 1.807) is 13.3 Å². The van der Waals surface area contributed by atoms with Crippen LogP contribution in [0.25, 0.3) is 0 Å². The predicted octanol–water partition coefficient (Wildman–Crippen LogP) is 2.13. The Morgan fingerprint density at radius 2 is 2.07 bits per heavy atom. The van der Waals surface area contributed by atoms with Gasteiger partial charge in [-0.2, -0.15) is 0 Å². The molecule has 0 bridgehead atoms. The summed E-state index contributed by atoms with van der Waals surface area (Å²) < 4.78 is 21.5. The molecule has 1 aliphatic heterocycles. The third-order valence-electron chi connectivity index (χ3n) is 4.27. The largest absolute Gasteiger partial charge is 0.475 e. The molecule has 29 heavy (non-hydrogen) atoms. The topological polar surface area (TPSA) is 86.2 Å². The van der Waals surface area contributed by atoms with Crippen molar-refractivity contribution in [3.8, 4) is 17.4 Å². The maximum Gasteiger partial charge on any atom is 0.231 e. The van der Waals surface area contributed by atoms with Gasteiger partial charge in [0.2, 0.25) is 12.7 Å². The van der Waals surface area contributed by atoms with Crippen LogP contribution in [0, 0.1) is 0 Å². The minimum atomic E-state index is 0.291. The van der Waals surface area contributed by atoms with E-state index in [0.717, 1.165) is 42.5 Å². The molecular formula is C21H28N4O4. The van der Waals surface area contributed by atoms with Crippen molar-refractivity contribution in [2.45, 2.75) is 19.9 Å². The van der Waals surface area contributed by atoms with Gasteiger partial charge in [-0.1, -0.05) is 12.1 Å². The van der Waals surface area contributed by atoms with E-state index in [9.17, 15) is 0 Å². The van der Waals surface area contributed by atoms with E-state index in [2.05, 4.69) is 26.7 Å². The lowest BCUT2D eigenvalue weighted by Gasteiger charge is -2.12. The van der Waals surface area contributed by atoms with Crippen molar-refractivity contribution in [2.75, 3.05) is 40.2 Å². The number of methoxy groups -OCH3 is 1. The van der Waals surface area contributed by atoms with E-state index < -0.39 is 0 Å². The summed E-state index contributed by atoms with van der Waals surface area (Å²) >= 11 is 0. The molecule has 8 nitrogen and oxygen atoms in total. The van der Waals surface area contributed by atoms with Gasteiger partial charge in [-0.05, 0) is 37.1 Å². The molecule has 0 unspecified atom stereocenters. The van der Waals surface area contributed by atoms with Gasteiger partial charge in [0.05, 0.1) is 13.2 Å². The molecule has 0 fully saturated rings. The molecule has 1 aromatic carbocycles. The lowest BCUT2D eigenvalue weighted by atomic mass is 10.1. The lowest BCUT2D eigenvalue weighted by molar-refractivity contribution is 0.143. The molecule has 0 aliphatic carbocycles. The average molecular weight is 400 g/mol. The Hall–Kier alpha value is -3.00. The molecule has 2 heterocycles. The highest BCUT2D eigenvalue weighted by Gasteiger charge is 2.13. The molecule has 2 aromatic rings. The molecule has 1 aromatic heterocycles. The summed E-state index contributed by atoms with van der Waals surface area (Å²) in [5, 5.41) is 6.63. The number of hydrogen-bond acceptors (Lipinski definition) is 6. The van der Waals surface area contributed by atoms with Crippen LogP contribution in [-0.4, -0.2) is 51.1 Å². The first kappa shape index (κ1) is 20.7. The van der Waals surface area contributed by atoms with Crippen LogP contribution in [0.3, 0.4) is 0 Å². The number of rotatable bonds is 10. The van der Waals surface area contributed by atoms with Crippen molar-refractivity contribution in [2.24, 2.45) is 4.99 Å². The SMILES string of the molecule is CCNC(=NCc1cccnc1OCCOC)NCCc1ccc2c(c1)OCO2. The number of nitrogens with one attached hydrogen (secondary N) is 2. The van der Waals surface area contributed by atoms with E-state index in [4.69, 9.17) is 18.9 Å². The van der Waals surface area contributed by atoms with Gasteiger partial charge in [0, 0.05) is 32.0 Å². The molecule has 2 N–H and O–H groups in total. The van der Waals surface area contributed by atoms with Gasteiger partial charge in [-0.3, -0.25) is 0 Å². The van der Waals surface area contributed by atoms with E-state index in [-0.39, 0.29) is 0 Å². The van der Waals surface area contributed by atoms with Gasteiger partial charge in [0.25, 0.3) is 0 Å². The number of hydrogen-bond donors (Lipinski definition) is 2. The Labute approximate surface area is 171 Å². The molecule has 156 valence electrons. The smallest absolute Gasteiger partial charge is 0.231 e. The Morgan fingerprint density at radius 3 is 2.93 bits per heavy atom. The van der Waals surface area contributed by atoms with Crippen molar-refractivity contribution in [3.63, 3.8) is 0 Å². The summed E-state index contributed by atoms with van der Waals surface area (Å²) in [5.74, 6) is 2.95. The van der Waals surface area contributed by atoms with Crippen molar-refractivity contribution in [1.29, 1.82) is 0 Å². The van der Waals surface area contributed by atoms with Gasteiger partial charge < -0.3 is 29.6 Å². The fraction of sp³-hybridized carbons (Fsp3) is 0.429. The van der Waals surface area contributed by atoms with Gasteiger partial charge in [-0.15, -0.1) is 0 Å². The third kappa shape index (κ3) is 6.25. The van der Waals surface area contributed by atoms with Crippen LogP contribution < -0.4 is 24.8 Å². The number of benzene rings is 1. The van der Waals surface area contributed by atoms with Crippen LogP contribution in [-0.2, 0) is 17.7 Å². The maximum absolute atomic E-state index is 5.68. The second-order valence-corrected chi connectivity index (χ2v) is 6.37. The highest BCUT2D eigenvalue weighted by Crippen LogP contribution is 2.32. The molecule has 0 spiro atoms. The molecule has 0 atom stereocenters. The molecule has 0 saturated carbocycles. The highest BCUT2D eigenvalue weighted by molar-refractivity contribution is 5.79. The molecule has 3 rings (SSSR count). The Bertz CT molecular complexity index is 813. The number of aliphatic imine (C=N–C) groups is 1. The molecule has 0 saturated heterocycles. The number of pyridine rings is 1. The average Bonchev–Trinajstić information content (AvgIpc) is 3.21. The van der Waals surface area contributed by atoms with Crippen LogP contribution in [0.1, 0.15) is 18.1 Å². The van der Waals surface area contributed by atoms with Crippen molar-refractivity contribution >= 4 is 5.96 Å². The standard InChI is InChI=1S/C21H28N4O4/c1-3-22-21(24-10-8-16-6-7-18-19(13-16)29-15-28-18)25-14-17-5-4-9-23-20(17)27-12-11-26-2/h4-7,9,13H,3,8,10-12,14-15H2,1-2H3,(H2,22,24,25). The van der Waals surface area contributed by atoms with Gasteiger partial charge >= 0.3 is 0 Å². The normalized spacial score (nSPS) is 12.7. The molecule has 8 heteroatoms. The van der Waals surface area contributed by atoms with Gasteiger partial charge in [0.15, 0.2) is 17.5 Å². The second kappa shape index (κ2) is 11.1. The lowest BCUT2D eigenvalue weighted by Crippen LogP contribution is -2.38. The Balaban J connectivity index is 1.54. The van der Waals surface area contributed by atoms with Crippen molar-refractivity contribution < 1.29 is 18.9 Å². The number of aromatic nitrogens is 1. The number of nitrogens with zero attached hydrogens (tertiary/aromatic N) is 2. The van der Waals surface area contributed by atoms with Gasteiger partial charge in [-0.25, -0.2) is 9.98 Å². The zero-order valence-electron chi connectivity index (χ0n) is 16.9. The van der Waals surface area contributed by atoms with Gasteiger partial charge in [0.1, 0.15) is 6.61 Å². The quantitative estimate of drug-likeness (QED) is 0.359. The number of ether oxygens (including phenoxy) is 4. The highest BCUT2D eigenvalue weighted by atomic mass is 16.7. The Kier molecular flexibility index (Phi) is 7.94. The van der Waals surface area contributed by atoms with Crippen LogP contribution in [0.5, 0.6) is 17.4 Å². The number of guanidine groups is 1. The first-order chi connectivity index (χ1) is 14.3. The van der Waals surface area contributed by atoms with Crippen LogP contribution >= 0.6 is 0 Å². The summed E-state index contributed by atoms with van der Waals surface area (Å²) in [4.78, 5) is 8.95. The third-order valence-corrected chi connectivity index (χ3v) is 4.27. The molecular weight excluding hydrogens is 372 g/mol. The monoisotopic (exact) mass is 400 g/mol. The second-order valence-electron chi connectivity index (χ2n) is 6.37. The van der Waals surface area contributed by atoms with Crippen molar-refractivity contribution in [3.05, 3.63) is 47.7 Å². The zero-order valence-corrected chi connectivity index (χ0v) is 16.9. The fourth-order valence-corrected chi connectivity index (χ4v) is 2.82. The Morgan fingerprint density at radius 1 is 1.17 bits per heavy atom. The van der Waals surface area contributed by atoms with E-state index in [1.165, 1.54) is 5.56 Å². The van der Waals surface area contributed by atoms with E-state index in [0.29, 0.717) is 32.4 Å². The van der Waals surface area contributed by atoms with Crippen LogP contribution in [0.4, 0.5) is 0 Å². The minimum Gasteiger partial charge on any atom is -0.475 e. The van der Waals surface area contributed by atoms with Crippen molar-refractivity contribution in [1.82, 2.24) is 15.6 Å². The fourth-order valence-electron chi connectivity index (χ4n) is 2.82. The summed E-state index contributed by atoms with van der Waals surface area (Å²) in [6, 6.07) is 9.87. The summed E-state index contributed by atoms with van der Waals surface area (Å²) in [7, 11) is 1.64. The summed E-state index contributed by atoms with van der Waals surface area (Å²) in [6.45, 7) is 5.30. The first-order valence-electron chi connectivity index (χ1n) is 9.76. The molecule has 1 aliphatic rings. The first-order valence-corrected chi connectivity index (χ1v) is 9.76. The van der Waals surface area contributed by atoms with E-state index >= 15 is 0 Å². The minimum absolute atomic E-state index is 0.291. The van der Waals surface area contributed by atoms with Crippen LogP contribution in [0.15, 0.2) is 41.5 Å². The van der Waals surface area contributed by atoms with Crippen LogP contribution in [0.2, 0.25) is 0 Å². The predicted molar refractivity (Wildman–Crippen MR) is 111 cm³/mol. The summed E-state index contributed by atoms with van der Waals surface area (Å²) in [6.07, 6.45) is 2.56. The summed E-state index contributed by atoms with van der Waals surface area (Å²) in [5.41, 5.74) is 2.11. The molecule has 0 radical (unpaired) electrons. The zero-order chi connectivity index (χ0) is 20.3. The maximum atomic E-state index is 5.68. The molecule has 0 amide bonds. The van der Waals surface area contributed by atoms with E-state index in [1.807, 2.05) is 31.2 Å².